The smallest absolute Gasteiger partial charge is 0.109 e. The highest BCUT2D eigenvalue weighted by molar-refractivity contribution is 7.11. The number of thiazole rings is 1. The van der Waals surface area contributed by atoms with Gasteiger partial charge >= 0.3 is 0 Å². The summed E-state index contributed by atoms with van der Waals surface area (Å²) in [5, 5.41) is 13.9. The Kier molecular flexibility index (Phi) is 4.73. The lowest BCUT2D eigenvalue weighted by molar-refractivity contribution is 0.292. The molecule has 1 saturated carbocycles. The first-order valence-corrected chi connectivity index (χ1v) is 7.66. The predicted molar refractivity (Wildman–Crippen MR) is 74.4 cm³/mol. The Balaban J connectivity index is 1.97. The van der Waals surface area contributed by atoms with Crippen LogP contribution in [0.2, 0.25) is 0 Å². The topological polar surface area (TPSA) is 48.7 Å². The number of nitriles is 1. The van der Waals surface area contributed by atoms with Crippen LogP contribution in [0.4, 0.5) is 0 Å². The van der Waals surface area contributed by atoms with E-state index in [1.165, 1.54) is 17.7 Å². The van der Waals surface area contributed by atoms with Gasteiger partial charge in [-0.05, 0) is 26.2 Å². The van der Waals surface area contributed by atoms with Crippen LogP contribution in [0.25, 0.3) is 0 Å². The average Bonchev–Trinajstić information content (AvgIpc) is 2.88. The molecule has 1 fully saturated rings. The van der Waals surface area contributed by atoms with E-state index < -0.39 is 0 Å². The quantitative estimate of drug-likeness (QED) is 0.905. The van der Waals surface area contributed by atoms with E-state index in [2.05, 4.69) is 30.2 Å². The number of hydrogen-bond donors (Lipinski definition) is 1. The molecule has 0 aromatic carbocycles. The van der Waals surface area contributed by atoms with Crippen LogP contribution in [-0.4, -0.2) is 11.0 Å². The zero-order valence-electron chi connectivity index (χ0n) is 11.1. The predicted octanol–water partition coefficient (Wildman–Crippen LogP) is 3.44. The SMILES string of the molecule is CCc1cnc(C(C)NC2CCCCC2C#N)s1. The summed E-state index contributed by atoms with van der Waals surface area (Å²) in [6, 6.07) is 3.05. The van der Waals surface area contributed by atoms with E-state index >= 15 is 0 Å². The van der Waals surface area contributed by atoms with E-state index in [0.717, 1.165) is 24.3 Å². The normalized spacial score (nSPS) is 25.6. The molecular weight excluding hydrogens is 242 g/mol. The molecule has 0 aliphatic heterocycles. The molecule has 1 aliphatic rings. The first-order valence-electron chi connectivity index (χ1n) is 6.84. The van der Waals surface area contributed by atoms with E-state index in [1.807, 2.05) is 6.20 Å². The Morgan fingerprint density at radius 2 is 2.33 bits per heavy atom. The molecule has 98 valence electrons. The van der Waals surface area contributed by atoms with Gasteiger partial charge in [0.25, 0.3) is 0 Å². The molecule has 0 radical (unpaired) electrons. The van der Waals surface area contributed by atoms with Crippen molar-refractivity contribution in [2.24, 2.45) is 5.92 Å². The summed E-state index contributed by atoms with van der Waals surface area (Å²) in [5.74, 6) is 0.173. The Hall–Kier alpha value is -0.920. The highest BCUT2D eigenvalue weighted by Crippen LogP contribution is 2.27. The molecule has 1 N–H and O–H groups in total. The van der Waals surface area contributed by atoms with Crippen LogP contribution in [0.1, 0.15) is 55.5 Å². The Morgan fingerprint density at radius 1 is 1.56 bits per heavy atom. The number of nitrogens with zero attached hydrogens (tertiary/aromatic N) is 2. The molecule has 0 saturated heterocycles. The second-order valence-electron chi connectivity index (χ2n) is 5.03. The number of nitrogens with one attached hydrogen (secondary N) is 1. The van der Waals surface area contributed by atoms with Crippen LogP contribution >= 0.6 is 11.3 Å². The minimum Gasteiger partial charge on any atom is -0.304 e. The fourth-order valence-electron chi connectivity index (χ4n) is 2.56. The number of aromatic nitrogens is 1. The van der Waals surface area contributed by atoms with Gasteiger partial charge in [0.15, 0.2) is 0 Å². The van der Waals surface area contributed by atoms with Gasteiger partial charge in [-0.2, -0.15) is 5.26 Å². The maximum absolute atomic E-state index is 9.18. The first-order chi connectivity index (χ1) is 8.74. The summed E-state index contributed by atoms with van der Waals surface area (Å²) in [5.41, 5.74) is 0. The van der Waals surface area contributed by atoms with Crippen LogP contribution in [0.5, 0.6) is 0 Å². The minimum atomic E-state index is 0.173. The van der Waals surface area contributed by atoms with Crippen molar-refractivity contribution in [3.8, 4) is 6.07 Å². The van der Waals surface area contributed by atoms with Crippen molar-refractivity contribution in [1.82, 2.24) is 10.3 Å². The van der Waals surface area contributed by atoms with Gasteiger partial charge < -0.3 is 5.32 Å². The van der Waals surface area contributed by atoms with Crippen molar-refractivity contribution in [2.75, 3.05) is 0 Å². The van der Waals surface area contributed by atoms with Crippen LogP contribution in [0, 0.1) is 17.2 Å². The zero-order chi connectivity index (χ0) is 13.0. The molecule has 4 heteroatoms. The summed E-state index contributed by atoms with van der Waals surface area (Å²) in [7, 11) is 0. The summed E-state index contributed by atoms with van der Waals surface area (Å²) >= 11 is 1.78. The molecule has 3 nitrogen and oxygen atoms in total. The molecule has 1 aromatic heterocycles. The summed E-state index contributed by atoms with van der Waals surface area (Å²) in [6.45, 7) is 4.31. The lowest BCUT2D eigenvalue weighted by atomic mass is 9.85. The second-order valence-corrected chi connectivity index (χ2v) is 6.18. The van der Waals surface area contributed by atoms with E-state index in [1.54, 1.807) is 11.3 Å². The molecular formula is C14H21N3S. The van der Waals surface area contributed by atoms with Crippen LogP contribution in [0.15, 0.2) is 6.20 Å². The number of hydrogen-bond acceptors (Lipinski definition) is 4. The lowest BCUT2D eigenvalue weighted by Gasteiger charge is -2.29. The maximum Gasteiger partial charge on any atom is 0.109 e. The van der Waals surface area contributed by atoms with E-state index in [-0.39, 0.29) is 12.0 Å². The van der Waals surface area contributed by atoms with Gasteiger partial charge in [-0.25, -0.2) is 4.98 Å². The third-order valence-electron chi connectivity index (χ3n) is 3.69. The molecule has 0 spiro atoms. The Bertz CT molecular complexity index is 421. The van der Waals surface area contributed by atoms with Gasteiger partial charge in [-0.3, -0.25) is 0 Å². The molecule has 3 atom stereocenters. The molecule has 0 bridgehead atoms. The van der Waals surface area contributed by atoms with Crippen molar-refractivity contribution in [1.29, 1.82) is 5.26 Å². The lowest BCUT2D eigenvalue weighted by Crippen LogP contribution is -2.39. The van der Waals surface area contributed by atoms with Crippen molar-refractivity contribution >= 4 is 11.3 Å². The van der Waals surface area contributed by atoms with E-state index in [9.17, 15) is 5.26 Å². The van der Waals surface area contributed by atoms with Crippen molar-refractivity contribution in [2.45, 2.75) is 58.0 Å². The molecule has 3 unspecified atom stereocenters. The summed E-state index contributed by atoms with van der Waals surface area (Å²) in [4.78, 5) is 5.81. The standard InChI is InChI=1S/C14H21N3S/c1-3-12-9-16-14(18-12)10(2)17-13-7-5-4-6-11(13)8-15/h9-11,13,17H,3-7H2,1-2H3. The molecule has 2 rings (SSSR count). The summed E-state index contributed by atoms with van der Waals surface area (Å²) in [6.07, 6.45) is 7.62. The third kappa shape index (κ3) is 3.09. The van der Waals surface area contributed by atoms with Crippen molar-refractivity contribution < 1.29 is 0 Å². The fraction of sp³-hybridized carbons (Fsp3) is 0.714. The Morgan fingerprint density at radius 3 is 3.00 bits per heavy atom. The van der Waals surface area contributed by atoms with Gasteiger partial charge in [0.1, 0.15) is 5.01 Å². The van der Waals surface area contributed by atoms with E-state index in [0.29, 0.717) is 6.04 Å². The summed E-state index contributed by atoms with van der Waals surface area (Å²) < 4.78 is 0. The van der Waals surface area contributed by atoms with Crippen molar-refractivity contribution in [3.05, 3.63) is 16.1 Å². The van der Waals surface area contributed by atoms with Gasteiger partial charge in [-0.1, -0.05) is 19.8 Å². The molecule has 18 heavy (non-hydrogen) atoms. The average molecular weight is 263 g/mol. The van der Waals surface area contributed by atoms with Crippen LogP contribution < -0.4 is 5.32 Å². The van der Waals surface area contributed by atoms with Gasteiger partial charge in [-0.15, -0.1) is 11.3 Å². The highest BCUT2D eigenvalue weighted by atomic mass is 32.1. The highest BCUT2D eigenvalue weighted by Gasteiger charge is 2.26. The molecule has 1 aromatic rings. The van der Waals surface area contributed by atoms with Crippen molar-refractivity contribution in [3.63, 3.8) is 0 Å². The Labute approximate surface area is 113 Å². The fourth-order valence-corrected chi connectivity index (χ4v) is 3.43. The van der Waals surface area contributed by atoms with Gasteiger partial charge in [0.2, 0.25) is 0 Å². The maximum atomic E-state index is 9.18. The minimum absolute atomic E-state index is 0.173. The first kappa shape index (κ1) is 13.5. The molecule has 1 aliphatic carbocycles. The second kappa shape index (κ2) is 6.31. The monoisotopic (exact) mass is 263 g/mol. The zero-order valence-corrected chi connectivity index (χ0v) is 12.0. The van der Waals surface area contributed by atoms with Crippen LogP contribution in [0.3, 0.4) is 0 Å². The third-order valence-corrected chi connectivity index (χ3v) is 5.01. The molecule has 1 heterocycles. The number of rotatable bonds is 4. The number of aryl methyl sites for hydroxylation is 1. The van der Waals surface area contributed by atoms with Crippen LogP contribution in [-0.2, 0) is 6.42 Å². The largest absolute Gasteiger partial charge is 0.304 e. The molecule has 0 amide bonds. The van der Waals surface area contributed by atoms with E-state index in [4.69, 9.17) is 0 Å². The van der Waals surface area contributed by atoms with Gasteiger partial charge in [0, 0.05) is 17.1 Å². The van der Waals surface area contributed by atoms with Gasteiger partial charge in [0.05, 0.1) is 18.0 Å².